The lowest BCUT2D eigenvalue weighted by Gasteiger charge is -2.14. The number of nitrogen functional groups attached to an aromatic ring is 1. The Morgan fingerprint density at radius 1 is 1.45 bits per heavy atom. The van der Waals surface area contributed by atoms with Crippen molar-refractivity contribution in [2.45, 2.75) is 17.3 Å². The maximum absolute atomic E-state index is 12.0. The summed E-state index contributed by atoms with van der Waals surface area (Å²) in [6.45, 7) is 2.16. The van der Waals surface area contributed by atoms with Gasteiger partial charge in [-0.3, -0.25) is 4.79 Å². The van der Waals surface area contributed by atoms with Crippen LogP contribution in [0.15, 0.2) is 22.5 Å². The maximum Gasteiger partial charge on any atom is 0.231 e. The minimum atomic E-state index is -0.123. The fourth-order valence-electron chi connectivity index (χ4n) is 1.95. The fourth-order valence-corrected chi connectivity index (χ4v) is 3.40. The molecule has 3 N–H and O–H groups in total. The number of carbonyl (C=O) groups excluding carboxylic acids is 1. The molecule has 9 heteroatoms. The quantitative estimate of drug-likeness (QED) is 0.802. The van der Waals surface area contributed by atoms with Crippen LogP contribution in [0.2, 0.25) is 0 Å². The normalized spacial score (nSPS) is 13.9. The standard InChI is InChI=1S/C13H14N4O3S2/c1-7(8-2-3-9-10(4-8)20-6-19-9)15-11(18)5-21-13-17-16-12(14)22-13/h2-4,7H,5-6H2,1H3,(H2,14,16)(H,15,18)/t7-/m0/s1. The van der Waals surface area contributed by atoms with Crippen molar-refractivity contribution in [3.8, 4) is 11.5 Å². The van der Waals surface area contributed by atoms with Crippen LogP contribution in [-0.4, -0.2) is 28.7 Å². The van der Waals surface area contributed by atoms with Crippen LogP contribution in [0.1, 0.15) is 18.5 Å². The van der Waals surface area contributed by atoms with Crippen molar-refractivity contribution < 1.29 is 14.3 Å². The summed E-state index contributed by atoms with van der Waals surface area (Å²) in [5.74, 6) is 1.62. The van der Waals surface area contributed by atoms with Gasteiger partial charge in [-0.05, 0) is 24.6 Å². The third-order valence-electron chi connectivity index (χ3n) is 3.02. The summed E-state index contributed by atoms with van der Waals surface area (Å²) in [4.78, 5) is 12.0. The number of fused-ring (bicyclic) bond motifs is 1. The van der Waals surface area contributed by atoms with E-state index in [4.69, 9.17) is 15.2 Å². The first-order chi connectivity index (χ1) is 10.6. The van der Waals surface area contributed by atoms with Crippen LogP contribution in [0.5, 0.6) is 11.5 Å². The Hall–Kier alpha value is -2.00. The van der Waals surface area contributed by atoms with Crippen molar-refractivity contribution >= 4 is 34.1 Å². The number of nitrogens with one attached hydrogen (secondary N) is 1. The van der Waals surface area contributed by atoms with E-state index >= 15 is 0 Å². The zero-order chi connectivity index (χ0) is 15.5. The topological polar surface area (TPSA) is 99.4 Å². The second kappa shape index (κ2) is 6.41. The van der Waals surface area contributed by atoms with Crippen LogP contribution in [0, 0.1) is 0 Å². The summed E-state index contributed by atoms with van der Waals surface area (Å²) in [5.41, 5.74) is 6.46. The first-order valence-electron chi connectivity index (χ1n) is 6.52. The van der Waals surface area contributed by atoms with Crippen LogP contribution in [0.3, 0.4) is 0 Å². The number of hydrogen-bond acceptors (Lipinski definition) is 8. The summed E-state index contributed by atoms with van der Waals surface area (Å²) < 4.78 is 11.3. The van der Waals surface area contributed by atoms with E-state index in [2.05, 4.69) is 15.5 Å². The Morgan fingerprint density at radius 2 is 2.27 bits per heavy atom. The van der Waals surface area contributed by atoms with Gasteiger partial charge in [0.05, 0.1) is 11.8 Å². The molecule has 0 aliphatic carbocycles. The lowest BCUT2D eigenvalue weighted by molar-refractivity contribution is -0.119. The molecule has 0 radical (unpaired) electrons. The van der Waals surface area contributed by atoms with Crippen molar-refractivity contribution in [3.05, 3.63) is 23.8 Å². The van der Waals surface area contributed by atoms with Crippen LogP contribution < -0.4 is 20.5 Å². The highest BCUT2D eigenvalue weighted by atomic mass is 32.2. The molecule has 0 saturated carbocycles. The number of thioether (sulfide) groups is 1. The van der Waals surface area contributed by atoms with Gasteiger partial charge in [0.1, 0.15) is 0 Å². The molecule has 1 atom stereocenters. The van der Waals surface area contributed by atoms with E-state index in [9.17, 15) is 4.79 Å². The number of carbonyl (C=O) groups is 1. The Morgan fingerprint density at radius 3 is 3.05 bits per heavy atom. The number of nitrogens with zero attached hydrogens (tertiary/aromatic N) is 2. The maximum atomic E-state index is 12.0. The van der Waals surface area contributed by atoms with Gasteiger partial charge in [-0.15, -0.1) is 10.2 Å². The molecule has 1 aliphatic heterocycles. The minimum absolute atomic E-state index is 0.0797. The van der Waals surface area contributed by atoms with Crippen LogP contribution in [-0.2, 0) is 4.79 Å². The number of nitrogens with two attached hydrogens (primary N) is 1. The van der Waals surface area contributed by atoms with E-state index in [1.165, 1.54) is 23.1 Å². The summed E-state index contributed by atoms with van der Waals surface area (Å²) in [7, 11) is 0. The molecule has 3 rings (SSSR count). The second-order valence-corrected chi connectivity index (χ2v) is 6.83. The van der Waals surface area contributed by atoms with Gasteiger partial charge in [0, 0.05) is 0 Å². The van der Waals surface area contributed by atoms with E-state index in [0.29, 0.717) is 15.2 Å². The van der Waals surface area contributed by atoms with Crippen LogP contribution >= 0.6 is 23.1 Å². The molecule has 1 aliphatic rings. The highest BCUT2D eigenvalue weighted by molar-refractivity contribution is 8.01. The Labute approximate surface area is 135 Å². The molecule has 1 aromatic carbocycles. The minimum Gasteiger partial charge on any atom is -0.454 e. The van der Waals surface area contributed by atoms with Gasteiger partial charge >= 0.3 is 0 Å². The smallest absolute Gasteiger partial charge is 0.231 e. The van der Waals surface area contributed by atoms with Gasteiger partial charge in [-0.1, -0.05) is 29.2 Å². The number of aromatic nitrogens is 2. The van der Waals surface area contributed by atoms with E-state index < -0.39 is 0 Å². The largest absolute Gasteiger partial charge is 0.454 e. The van der Waals surface area contributed by atoms with Crippen molar-refractivity contribution in [1.82, 2.24) is 15.5 Å². The first kappa shape index (κ1) is 14.9. The zero-order valence-corrected chi connectivity index (χ0v) is 13.4. The molecular weight excluding hydrogens is 324 g/mol. The Bertz CT molecular complexity index is 692. The van der Waals surface area contributed by atoms with E-state index in [0.717, 1.165) is 11.3 Å². The van der Waals surface area contributed by atoms with Crippen molar-refractivity contribution in [3.63, 3.8) is 0 Å². The molecular formula is C13H14N4O3S2. The highest BCUT2D eigenvalue weighted by Crippen LogP contribution is 2.34. The monoisotopic (exact) mass is 338 g/mol. The molecule has 0 bridgehead atoms. The molecule has 0 unspecified atom stereocenters. The molecule has 0 saturated heterocycles. The molecule has 0 fully saturated rings. The van der Waals surface area contributed by atoms with Crippen LogP contribution in [0.25, 0.3) is 0 Å². The van der Waals surface area contributed by atoms with Crippen molar-refractivity contribution in [2.24, 2.45) is 0 Å². The summed E-state index contributed by atoms with van der Waals surface area (Å²) in [6.07, 6.45) is 0. The molecule has 1 amide bonds. The molecule has 2 heterocycles. The number of anilines is 1. The van der Waals surface area contributed by atoms with Gasteiger partial charge in [0.2, 0.25) is 17.8 Å². The third-order valence-corrected chi connectivity index (χ3v) is 4.91. The molecule has 2 aromatic rings. The number of ether oxygens (including phenoxy) is 2. The fraction of sp³-hybridized carbons (Fsp3) is 0.308. The molecule has 0 spiro atoms. The Balaban J connectivity index is 1.54. The summed E-state index contributed by atoms with van der Waals surface area (Å²) in [6, 6.07) is 5.52. The lowest BCUT2D eigenvalue weighted by atomic mass is 10.1. The van der Waals surface area contributed by atoms with E-state index in [1.807, 2.05) is 25.1 Å². The van der Waals surface area contributed by atoms with Gasteiger partial charge < -0.3 is 20.5 Å². The average Bonchev–Trinajstić information content (AvgIpc) is 3.12. The Kier molecular flexibility index (Phi) is 4.34. The van der Waals surface area contributed by atoms with Gasteiger partial charge in [-0.25, -0.2) is 0 Å². The third kappa shape index (κ3) is 3.42. The average molecular weight is 338 g/mol. The zero-order valence-electron chi connectivity index (χ0n) is 11.7. The molecule has 1 aromatic heterocycles. The molecule has 116 valence electrons. The van der Waals surface area contributed by atoms with Gasteiger partial charge in [-0.2, -0.15) is 0 Å². The SMILES string of the molecule is C[C@H](NC(=O)CSc1nnc(N)s1)c1ccc2c(c1)OCO2. The molecule has 22 heavy (non-hydrogen) atoms. The first-order valence-corrected chi connectivity index (χ1v) is 8.33. The highest BCUT2D eigenvalue weighted by Gasteiger charge is 2.17. The number of amides is 1. The van der Waals surface area contributed by atoms with Crippen LogP contribution in [0.4, 0.5) is 5.13 Å². The lowest BCUT2D eigenvalue weighted by Crippen LogP contribution is -2.28. The van der Waals surface area contributed by atoms with E-state index in [-0.39, 0.29) is 24.5 Å². The number of rotatable bonds is 5. The second-order valence-electron chi connectivity index (χ2n) is 4.60. The predicted molar refractivity (Wildman–Crippen MR) is 84.2 cm³/mol. The van der Waals surface area contributed by atoms with Crippen molar-refractivity contribution in [2.75, 3.05) is 18.3 Å². The summed E-state index contributed by atoms with van der Waals surface area (Å²) in [5, 5.41) is 10.9. The van der Waals surface area contributed by atoms with E-state index in [1.54, 1.807) is 0 Å². The predicted octanol–water partition coefficient (Wildman–Crippen LogP) is 1.82. The molecule has 7 nitrogen and oxygen atoms in total. The van der Waals surface area contributed by atoms with Gasteiger partial charge in [0.15, 0.2) is 15.8 Å². The number of benzene rings is 1. The van der Waals surface area contributed by atoms with Gasteiger partial charge in [0.25, 0.3) is 0 Å². The summed E-state index contributed by atoms with van der Waals surface area (Å²) >= 11 is 2.58. The number of hydrogen-bond donors (Lipinski definition) is 2. The van der Waals surface area contributed by atoms with Crippen molar-refractivity contribution in [1.29, 1.82) is 0 Å².